The molecule has 2 atom stereocenters. The molecule has 0 aromatic heterocycles. The second-order valence-corrected chi connectivity index (χ2v) is 5.71. The van der Waals surface area contributed by atoms with Gasteiger partial charge in [0.25, 0.3) is 0 Å². The van der Waals surface area contributed by atoms with Crippen LogP contribution in [0.25, 0.3) is 0 Å². The van der Waals surface area contributed by atoms with Crippen LogP contribution in [-0.2, 0) is 4.79 Å². The minimum Gasteiger partial charge on any atom is -0.508 e. The molecule has 116 valence electrons. The van der Waals surface area contributed by atoms with Crippen LogP contribution in [0.2, 0.25) is 0 Å². The number of hydrogen-bond donors (Lipinski definition) is 2. The van der Waals surface area contributed by atoms with E-state index >= 15 is 0 Å². The van der Waals surface area contributed by atoms with Gasteiger partial charge in [-0.3, -0.25) is 4.79 Å². The zero-order chi connectivity index (χ0) is 15.2. The van der Waals surface area contributed by atoms with Crippen molar-refractivity contribution < 1.29 is 9.90 Å². The van der Waals surface area contributed by atoms with Gasteiger partial charge in [-0.1, -0.05) is 26.0 Å². The molecule has 1 fully saturated rings. The van der Waals surface area contributed by atoms with E-state index in [0.717, 1.165) is 44.6 Å². The van der Waals surface area contributed by atoms with Crippen molar-refractivity contribution in [2.45, 2.75) is 32.6 Å². The molecule has 0 heterocycles. The normalized spacial score (nSPS) is 20.5. The van der Waals surface area contributed by atoms with Crippen LogP contribution < -0.4 is 5.32 Å². The molecule has 1 amide bonds. The van der Waals surface area contributed by atoms with Crippen LogP contribution in [0.4, 0.5) is 0 Å². The molecule has 1 aromatic rings. The number of nitrogens with zero attached hydrogens (tertiary/aromatic N) is 1. The summed E-state index contributed by atoms with van der Waals surface area (Å²) in [6.45, 7) is 8.25. The lowest BCUT2D eigenvalue weighted by Crippen LogP contribution is -2.30. The Kier molecular flexibility index (Phi) is 5.62. The second kappa shape index (κ2) is 7.46. The average Bonchev–Trinajstić information content (AvgIpc) is 3.28. The number of aromatic hydroxyl groups is 1. The van der Waals surface area contributed by atoms with E-state index in [1.165, 1.54) is 0 Å². The summed E-state index contributed by atoms with van der Waals surface area (Å²) in [6.07, 6.45) is 1.93. The maximum Gasteiger partial charge on any atom is 0.223 e. The fourth-order valence-corrected chi connectivity index (χ4v) is 2.76. The number of carbonyl (C=O) groups is 1. The van der Waals surface area contributed by atoms with Gasteiger partial charge in [0.05, 0.1) is 0 Å². The molecule has 0 saturated heterocycles. The highest BCUT2D eigenvalue weighted by atomic mass is 16.3. The SMILES string of the molecule is CCN(CC)CCCNC(=O)C1CC1c1ccc(O)cc1. The quantitative estimate of drug-likeness (QED) is 0.723. The molecule has 0 aliphatic heterocycles. The molecular formula is C17H26N2O2. The second-order valence-electron chi connectivity index (χ2n) is 5.71. The summed E-state index contributed by atoms with van der Waals surface area (Å²) in [6, 6.07) is 7.20. The number of rotatable bonds is 8. The van der Waals surface area contributed by atoms with Gasteiger partial charge in [0.15, 0.2) is 0 Å². The highest BCUT2D eigenvalue weighted by molar-refractivity contribution is 5.82. The van der Waals surface area contributed by atoms with Crippen LogP contribution in [0.3, 0.4) is 0 Å². The van der Waals surface area contributed by atoms with Crippen molar-refractivity contribution in [2.75, 3.05) is 26.2 Å². The van der Waals surface area contributed by atoms with Crippen LogP contribution in [0.15, 0.2) is 24.3 Å². The lowest BCUT2D eigenvalue weighted by molar-refractivity contribution is -0.122. The molecule has 2 rings (SSSR count). The minimum absolute atomic E-state index is 0.114. The fourth-order valence-electron chi connectivity index (χ4n) is 2.76. The van der Waals surface area contributed by atoms with E-state index in [0.29, 0.717) is 5.92 Å². The van der Waals surface area contributed by atoms with Gasteiger partial charge < -0.3 is 15.3 Å². The Morgan fingerprint density at radius 2 is 1.95 bits per heavy atom. The predicted molar refractivity (Wildman–Crippen MR) is 84.4 cm³/mol. The smallest absolute Gasteiger partial charge is 0.223 e. The highest BCUT2D eigenvalue weighted by Crippen LogP contribution is 2.47. The zero-order valence-corrected chi connectivity index (χ0v) is 13.0. The maximum atomic E-state index is 12.1. The largest absolute Gasteiger partial charge is 0.508 e. The van der Waals surface area contributed by atoms with Crippen molar-refractivity contribution >= 4 is 5.91 Å². The Morgan fingerprint density at radius 3 is 2.57 bits per heavy atom. The molecule has 1 aliphatic rings. The van der Waals surface area contributed by atoms with E-state index in [1.807, 2.05) is 12.1 Å². The molecule has 4 nitrogen and oxygen atoms in total. The van der Waals surface area contributed by atoms with Gasteiger partial charge in [-0.25, -0.2) is 0 Å². The van der Waals surface area contributed by atoms with E-state index in [9.17, 15) is 9.90 Å². The minimum atomic E-state index is 0.114. The summed E-state index contributed by atoms with van der Waals surface area (Å²) in [5, 5.41) is 12.3. The van der Waals surface area contributed by atoms with Crippen molar-refractivity contribution in [1.29, 1.82) is 0 Å². The Labute approximate surface area is 127 Å². The standard InChI is InChI=1S/C17H26N2O2/c1-3-19(4-2)11-5-10-18-17(21)16-12-15(16)13-6-8-14(20)9-7-13/h6-9,15-16,20H,3-5,10-12H2,1-2H3,(H,18,21). The van der Waals surface area contributed by atoms with Crippen molar-refractivity contribution in [3.63, 3.8) is 0 Å². The van der Waals surface area contributed by atoms with Crippen molar-refractivity contribution in [3.8, 4) is 5.75 Å². The molecule has 1 aromatic carbocycles. The summed E-state index contributed by atoms with van der Waals surface area (Å²) >= 11 is 0. The summed E-state index contributed by atoms with van der Waals surface area (Å²) in [7, 11) is 0. The summed E-state index contributed by atoms with van der Waals surface area (Å²) in [4.78, 5) is 14.4. The van der Waals surface area contributed by atoms with E-state index in [4.69, 9.17) is 0 Å². The van der Waals surface area contributed by atoms with Crippen LogP contribution in [0.5, 0.6) is 5.75 Å². The number of phenolic OH excluding ortho intramolecular Hbond substituents is 1. The van der Waals surface area contributed by atoms with Gasteiger partial charge in [0, 0.05) is 12.5 Å². The van der Waals surface area contributed by atoms with Gasteiger partial charge in [0.1, 0.15) is 5.75 Å². The number of amides is 1. The van der Waals surface area contributed by atoms with Crippen molar-refractivity contribution in [3.05, 3.63) is 29.8 Å². The first kappa shape index (κ1) is 15.8. The lowest BCUT2D eigenvalue weighted by atomic mass is 10.1. The van der Waals surface area contributed by atoms with Gasteiger partial charge >= 0.3 is 0 Å². The molecule has 2 N–H and O–H groups in total. The molecule has 0 spiro atoms. The van der Waals surface area contributed by atoms with Gasteiger partial charge in [0.2, 0.25) is 5.91 Å². The number of nitrogens with one attached hydrogen (secondary N) is 1. The molecular weight excluding hydrogens is 264 g/mol. The first-order chi connectivity index (χ1) is 10.2. The van der Waals surface area contributed by atoms with Gasteiger partial charge in [-0.15, -0.1) is 0 Å². The molecule has 21 heavy (non-hydrogen) atoms. The number of hydrogen-bond acceptors (Lipinski definition) is 3. The van der Waals surface area contributed by atoms with E-state index in [-0.39, 0.29) is 17.6 Å². The van der Waals surface area contributed by atoms with E-state index < -0.39 is 0 Å². The zero-order valence-electron chi connectivity index (χ0n) is 13.0. The molecule has 1 saturated carbocycles. The summed E-state index contributed by atoms with van der Waals surface area (Å²) < 4.78 is 0. The van der Waals surface area contributed by atoms with Crippen LogP contribution in [0.1, 0.15) is 38.2 Å². The van der Waals surface area contributed by atoms with Crippen molar-refractivity contribution in [2.24, 2.45) is 5.92 Å². The monoisotopic (exact) mass is 290 g/mol. The Morgan fingerprint density at radius 1 is 1.29 bits per heavy atom. The summed E-state index contributed by atoms with van der Waals surface area (Å²) in [5.41, 5.74) is 1.15. The fraction of sp³-hybridized carbons (Fsp3) is 0.588. The average molecular weight is 290 g/mol. The van der Waals surface area contributed by atoms with Crippen LogP contribution in [0, 0.1) is 5.92 Å². The van der Waals surface area contributed by atoms with Crippen LogP contribution in [-0.4, -0.2) is 42.1 Å². The molecule has 0 bridgehead atoms. The van der Waals surface area contributed by atoms with E-state index in [2.05, 4.69) is 24.1 Å². The molecule has 0 radical (unpaired) electrons. The topological polar surface area (TPSA) is 52.6 Å². The van der Waals surface area contributed by atoms with Gasteiger partial charge in [-0.05, 0) is 56.1 Å². The number of carbonyl (C=O) groups excluding carboxylic acids is 1. The van der Waals surface area contributed by atoms with Gasteiger partial charge in [-0.2, -0.15) is 0 Å². The first-order valence-corrected chi connectivity index (χ1v) is 7.94. The third-order valence-corrected chi connectivity index (χ3v) is 4.29. The lowest BCUT2D eigenvalue weighted by Gasteiger charge is -2.17. The molecule has 1 aliphatic carbocycles. The Bertz CT molecular complexity index is 454. The number of phenols is 1. The maximum absolute atomic E-state index is 12.1. The first-order valence-electron chi connectivity index (χ1n) is 7.94. The predicted octanol–water partition coefficient (Wildman–Crippen LogP) is 2.34. The summed E-state index contributed by atoms with van der Waals surface area (Å²) in [5.74, 6) is 0.890. The molecule has 2 unspecified atom stereocenters. The third kappa shape index (κ3) is 4.46. The van der Waals surface area contributed by atoms with Crippen molar-refractivity contribution in [1.82, 2.24) is 10.2 Å². The van der Waals surface area contributed by atoms with E-state index in [1.54, 1.807) is 12.1 Å². The Hall–Kier alpha value is -1.55. The Balaban J connectivity index is 1.68. The third-order valence-electron chi connectivity index (χ3n) is 4.29. The van der Waals surface area contributed by atoms with Crippen LogP contribution >= 0.6 is 0 Å². The molecule has 4 heteroatoms. The highest BCUT2D eigenvalue weighted by Gasteiger charge is 2.43. The number of benzene rings is 1.